The van der Waals surface area contributed by atoms with Gasteiger partial charge in [0.15, 0.2) is 6.10 Å². The molecule has 0 aliphatic carbocycles. The van der Waals surface area contributed by atoms with Crippen molar-refractivity contribution in [3.63, 3.8) is 0 Å². The average Bonchev–Trinajstić information content (AvgIpc) is 3.38. The summed E-state index contributed by atoms with van der Waals surface area (Å²) in [6.07, 6.45) is 78.1. The molecule has 0 amide bonds. The molecule has 0 N–H and O–H groups in total. The number of esters is 3. The van der Waals surface area contributed by atoms with E-state index in [1.165, 1.54) is 161 Å². The first-order valence-corrected chi connectivity index (χ1v) is 30.9. The van der Waals surface area contributed by atoms with E-state index >= 15 is 0 Å². The highest BCUT2D eigenvalue weighted by molar-refractivity contribution is 5.71. The van der Waals surface area contributed by atoms with Crippen molar-refractivity contribution < 1.29 is 28.6 Å². The Morgan fingerprint density at radius 1 is 0.292 bits per heavy atom. The molecule has 0 aliphatic heterocycles. The summed E-state index contributed by atoms with van der Waals surface area (Å²) in [6, 6.07) is 0. The number of carbonyl (C=O) groups is 3. The second-order valence-electron chi connectivity index (χ2n) is 20.6. The molecular formula is C66H116O6. The lowest BCUT2D eigenvalue weighted by Gasteiger charge is -2.18. The van der Waals surface area contributed by atoms with Crippen LogP contribution in [0.25, 0.3) is 0 Å². The Morgan fingerprint density at radius 2 is 0.542 bits per heavy atom. The SMILES string of the molecule is CC/C=C\C/C=C\C/C=C\CCCCCCCC(=O)OC(COC(=O)CCCCCCCC)COC(=O)CCCCCCCCCCCCCCCCCCCC/C=C\C/C=C\C/C=C\CCCCCCC. The quantitative estimate of drug-likeness (QED) is 0.0261. The summed E-state index contributed by atoms with van der Waals surface area (Å²) in [6.45, 7) is 6.46. The fraction of sp³-hybridized carbons (Fsp3) is 0.773. The van der Waals surface area contributed by atoms with Crippen molar-refractivity contribution in [3.8, 4) is 0 Å². The number of rotatable bonds is 56. The van der Waals surface area contributed by atoms with Crippen LogP contribution in [-0.4, -0.2) is 37.2 Å². The van der Waals surface area contributed by atoms with Gasteiger partial charge in [0, 0.05) is 19.3 Å². The molecule has 0 saturated heterocycles. The van der Waals surface area contributed by atoms with Gasteiger partial charge in [0.2, 0.25) is 0 Å². The molecule has 0 aromatic carbocycles. The van der Waals surface area contributed by atoms with Crippen LogP contribution in [0.1, 0.15) is 310 Å². The highest BCUT2D eigenvalue weighted by Gasteiger charge is 2.19. The molecule has 6 nitrogen and oxygen atoms in total. The number of allylic oxidation sites excluding steroid dienone is 12. The van der Waals surface area contributed by atoms with Gasteiger partial charge in [-0.05, 0) is 89.9 Å². The van der Waals surface area contributed by atoms with Crippen molar-refractivity contribution in [2.75, 3.05) is 13.2 Å². The normalized spacial score (nSPS) is 12.5. The van der Waals surface area contributed by atoms with Crippen LogP contribution in [0.2, 0.25) is 0 Å². The third-order valence-electron chi connectivity index (χ3n) is 13.4. The Hall–Kier alpha value is -3.15. The van der Waals surface area contributed by atoms with E-state index in [2.05, 4.69) is 93.7 Å². The summed E-state index contributed by atoms with van der Waals surface area (Å²) in [5, 5.41) is 0. The zero-order valence-electron chi connectivity index (χ0n) is 47.7. The summed E-state index contributed by atoms with van der Waals surface area (Å²) >= 11 is 0. The summed E-state index contributed by atoms with van der Waals surface area (Å²) in [5.41, 5.74) is 0. The summed E-state index contributed by atoms with van der Waals surface area (Å²) in [4.78, 5) is 37.9. The van der Waals surface area contributed by atoms with Gasteiger partial charge in [-0.2, -0.15) is 0 Å². The van der Waals surface area contributed by atoms with E-state index in [-0.39, 0.29) is 31.1 Å². The largest absolute Gasteiger partial charge is 0.462 e. The van der Waals surface area contributed by atoms with E-state index in [9.17, 15) is 14.4 Å². The number of hydrogen-bond donors (Lipinski definition) is 0. The van der Waals surface area contributed by atoms with E-state index in [4.69, 9.17) is 14.2 Å². The van der Waals surface area contributed by atoms with Gasteiger partial charge in [-0.25, -0.2) is 0 Å². The van der Waals surface area contributed by atoms with Gasteiger partial charge in [-0.3, -0.25) is 14.4 Å². The first-order chi connectivity index (χ1) is 35.5. The van der Waals surface area contributed by atoms with Gasteiger partial charge in [-0.15, -0.1) is 0 Å². The van der Waals surface area contributed by atoms with E-state index in [0.29, 0.717) is 19.3 Å². The zero-order chi connectivity index (χ0) is 52.2. The van der Waals surface area contributed by atoms with Crippen LogP contribution >= 0.6 is 0 Å². The summed E-state index contributed by atoms with van der Waals surface area (Å²) in [7, 11) is 0. The van der Waals surface area contributed by atoms with Crippen molar-refractivity contribution in [1.82, 2.24) is 0 Å². The molecule has 0 spiro atoms. The molecule has 0 heterocycles. The van der Waals surface area contributed by atoms with Crippen LogP contribution in [-0.2, 0) is 28.6 Å². The van der Waals surface area contributed by atoms with Crippen LogP contribution in [0.5, 0.6) is 0 Å². The highest BCUT2D eigenvalue weighted by atomic mass is 16.6. The Balaban J connectivity index is 3.97. The minimum atomic E-state index is -0.779. The van der Waals surface area contributed by atoms with E-state index < -0.39 is 6.10 Å². The Bertz CT molecular complexity index is 1340. The minimum absolute atomic E-state index is 0.0797. The molecule has 0 aromatic heterocycles. The van der Waals surface area contributed by atoms with Crippen LogP contribution in [0.3, 0.4) is 0 Å². The lowest BCUT2D eigenvalue weighted by atomic mass is 10.0. The van der Waals surface area contributed by atoms with Gasteiger partial charge in [0.05, 0.1) is 0 Å². The van der Waals surface area contributed by atoms with Crippen molar-refractivity contribution in [2.45, 2.75) is 316 Å². The third kappa shape index (κ3) is 57.7. The molecule has 416 valence electrons. The van der Waals surface area contributed by atoms with Gasteiger partial charge in [0.25, 0.3) is 0 Å². The summed E-state index contributed by atoms with van der Waals surface area (Å²) < 4.78 is 16.7. The third-order valence-corrected chi connectivity index (χ3v) is 13.4. The first kappa shape index (κ1) is 68.8. The summed E-state index contributed by atoms with van der Waals surface area (Å²) in [5.74, 6) is -0.898. The Labute approximate surface area is 446 Å². The maximum Gasteiger partial charge on any atom is 0.306 e. The van der Waals surface area contributed by atoms with E-state index in [1.807, 2.05) is 0 Å². The molecule has 0 aromatic rings. The second kappa shape index (κ2) is 60.4. The maximum absolute atomic E-state index is 12.8. The van der Waals surface area contributed by atoms with E-state index in [1.54, 1.807) is 0 Å². The lowest BCUT2D eigenvalue weighted by Crippen LogP contribution is -2.30. The molecule has 6 heteroatoms. The molecule has 1 unspecified atom stereocenters. The molecule has 0 radical (unpaired) electrons. The monoisotopic (exact) mass is 1000 g/mol. The van der Waals surface area contributed by atoms with Crippen molar-refractivity contribution in [1.29, 1.82) is 0 Å². The molecule has 0 fully saturated rings. The van der Waals surface area contributed by atoms with Gasteiger partial charge < -0.3 is 14.2 Å². The molecule has 0 rings (SSSR count). The fourth-order valence-electron chi connectivity index (χ4n) is 8.82. The van der Waals surface area contributed by atoms with Gasteiger partial charge in [-0.1, -0.05) is 273 Å². The Morgan fingerprint density at radius 3 is 0.847 bits per heavy atom. The average molecular weight is 1010 g/mol. The molecule has 0 aliphatic rings. The molecule has 1 atom stereocenters. The molecular weight excluding hydrogens is 889 g/mol. The van der Waals surface area contributed by atoms with E-state index in [0.717, 1.165) is 109 Å². The van der Waals surface area contributed by atoms with Gasteiger partial charge >= 0.3 is 17.9 Å². The van der Waals surface area contributed by atoms with Gasteiger partial charge in [0.1, 0.15) is 13.2 Å². The standard InChI is InChI=1S/C66H116O6/c1-4-7-10-13-16-18-20-22-24-25-26-27-28-29-30-31-32-33-34-35-36-37-38-39-40-41-43-44-46-48-50-53-56-59-65(68)71-62-63(61-70-64(67)58-55-52-15-12-9-6-3)72-66(69)60-57-54-51-49-47-45-42-23-21-19-17-14-11-8-5-2/h8,11,17,19-20,22-23,25-26,28-29,42,63H,4-7,9-10,12-16,18,21,24,27,30-41,43-62H2,1-3H3/b11-8-,19-17-,22-20-,26-25-,29-28-,42-23-. The van der Waals surface area contributed by atoms with Crippen molar-refractivity contribution >= 4 is 17.9 Å². The van der Waals surface area contributed by atoms with Crippen LogP contribution in [0, 0.1) is 0 Å². The number of carbonyl (C=O) groups excluding carboxylic acids is 3. The number of unbranched alkanes of at least 4 members (excludes halogenated alkanes) is 33. The number of ether oxygens (including phenoxy) is 3. The minimum Gasteiger partial charge on any atom is -0.462 e. The number of hydrogen-bond acceptors (Lipinski definition) is 6. The topological polar surface area (TPSA) is 78.9 Å². The lowest BCUT2D eigenvalue weighted by molar-refractivity contribution is -0.167. The molecule has 72 heavy (non-hydrogen) atoms. The predicted molar refractivity (Wildman–Crippen MR) is 311 cm³/mol. The highest BCUT2D eigenvalue weighted by Crippen LogP contribution is 2.17. The smallest absolute Gasteiger partial charge is 0.306 e. The predicted octanol–water partition coefficient (Wildman–Crippen LogP) is 20.9. The molecule has 0 bridgehead atoms. The van der Waals surface area contributed by atoms with Crippen LogP contribution in [0.4, 0.5) is 0 Å². The van der Waals surface area contributed by atoms with Crippen molar-refractivity contribution in [2.24, 2.45) is 0 Å². The maximum atomic E-state index is 12.8. The molecule has 0 saturated carbocycles. The zero-order valence-corrected chi connectivity index (χ0v) is 47.7. The van der Waals surface area contributed by atoms with Crippen LogP contribution < -0.4 is 0 Å². The van der Waals surface area contributed by atoms with Crippen molar-refractivity contribution in [3.05, 3.63) is 72.9 Å². The fourth-order valence-corrected chi connectivity index (χ4v) is 8.82. The first-order valence-electron chi connectivity index (χ1n) is 30.9. The van der Waals surface area contributed by atoms with Crippen LogP contribution in [0.15, 0.2) is 72.9 Å². The Kier molecular flexibility index (Phi) is 57.8. The second-order valence-corrected chi connectivity index (χ2v) is 20.6.